The van der Waals surface area contributed by atoms with Crippen LogP contribution >= 0.6 is 11.8 Å². The standard InChI is InChI=1S/C39H44N2O5S/c1-28(43)40-22-7-3-6-13-38(44)41-25-30-9-8-10-34(23-30)31-18-20-33(21-19-31)39-45-35(27-47-36-11-4-2-5-12-36)24-37(46-39)32-16-14-29(26-42)15-17-32/h2,4-5,8-12,14-21,23,35,37,39,42H,3,6-7,13,22,24-27H2,1H3,(H,40,43)(H,41,44)/t35-,37+,39+/m0/s1. The Morgan fingerprint density at radius 2 is 1.55 bits per heavy atom. The van der Waals surface area contributed by atoms with Gasteiger partial charge in [-0.25, -0.2) is 0 Å². The number of carbonyl (C=O) groups is 2. The fourth-order valence-electron chi connectivity index (χ4n) is 5.56. The van der Waals surface area contributed by atoms with Crippen LogP contribution in [0.1, 0.15) is 73.7 Å². The van der Waals surface area contributed by atoms with Gasteiger partial charge in [-0.2, -0.15) is 0 Å². The van der Waals surface area contributed by atoms with Crippen LogP contribution in [-0.4, -0.2) is 35.3 Å². The molecule has 4 aromatic carbocycles. The van der Waals surface area contributed by atoms with E-state index < -0.39 is 6.29 Å². The van der Waals surface area contributed by atoms with E-state index in [9.17, 15) is 14.7 Å². The van der Waals surface area contributed by atoms with Crippen LogP contribution in [0.5, 0.6) is 0 Å². The average Bonchev–Trinajstić information content (AvgIpc) is 3.11. The van der Waals surface area contributed by atoms with Crippen molar-refractivity contribution in [2.45, 2.75) is 75.6 Å². The predicted octanol–water partition coefficient (Wildman–Crippen LogP) is 7.50. The van der Waals surface area contributed by atoms with E-state index in [1.807, 2.05) is 42.5 Å². The van der Waals surface area contributed by atoms with Crippen molar-refractivity contribution in [2.24, 2.45) is 0 Å². The first kappa shape index (κ1) is 34.4. The highest BCUT2D eigenvalue weighted by atomic mass is 32.2. The molecule has 0 aliphatic carbocycles. The van der Waals surface area contributed by atoms with Crippen LogP contribution in [-0.2, 0) is 32.2 Å². The molecule has 0 bridgehead atoms. The summed E-state index contributed by atoms with van der Waals surface area (Å²) in [5.74, 6) is 0.830. The fourth-order valence-corrected chi connectivity index (χ4v) is 6.51. The molecule has 47 heavy (non-hydrogen) atoms. The lowest BCUT2D eigenvalue weighted by Gasteiger charge is -2.36. The molecule has 4 aromatic rings. The monoisotopic (exact) mass is 652 g/mol. The van der Waals surface area contributed by atoms with E-state index >= 15 is 0 Å². The zero-order valence-electron chi connectivity index (χ0n) is 26.9. The van der Waals surface area contributed by atoms with Crippen LogP contribution in [0, 0.1) is 0 Å². The van der Waals surface area contributed by atoms with Gasteiger partial charge in [0.2, 0.25) is 11.8 Å². The number of rotatable bonds is 15. The van der Waals surface area contributed by atoms with Crippen molar-refractivity contribution in [3.05, 3.63) is 125 Å². The van der Waals surface area contributed by atoms with Crippen molar-refractivity contribution >= 4 is 23.6 Å². The zero-order chi connectivity index (χ0) is 32.8. The van der Waals surface area contributed by atoms with Crippen molar-refractivity contribution < 1.29 is 24.2 Å². The van der Waals surface area contributed by atoms with Gasteiger partial charge in [0.1, 0.15) is 0 Å². The van der Waals surface area contributed by atoms with Crippen molar-refractivity contribution in [3.8, 4) is 11.1 Å². The van der Waals surface area contributed by atoms with Crippen molar-refractivity contribution in [1.29, 1.82) is 0 Å². The molecular weight excluding hydrogens is 609 g/mol. The Morgan fingerprint density at radius 3 is 2.30 bits per heavy atom. The summed E-state index contributed by atoms with van der Waals surface area (Å²) in [7, 11) is 0. The minimum absolute atomic E-state index is 0.00298. The maximum absolute atomic E-state index is 12.4. The molecule has 8 heteroatoms. The minimum atomic E-state index is -0.506. The summed E-state index contributed by atoms with van der Waals surface area (Å²) in [6.45, 7) is 2.66. The van der Waals surface area contributed by atoms with Gasteiger partial charge in [0.15, 0.2) is 6.29 Å². The molecule has 1 heterocycles. The van der Waals surface area contributed by atoms with Crippen molar-refractivity contribution in [2.75, 3.05) is 12.3 Å². The van der Waals surface area contributed by atoms with E-state index in [4.69, 9.17) is 9.47 Å². The summed E-state index contributed by atoms with van der Waals surface area (Å²) in [5.41, 5.74) is 6.10. The molecule has 3 N–H and O–H groups in total. The van der Waals surface area contributed by atoms with Crippen molar-refractivity contribution in [1.82, 2.24) is 10.6 Å². The normalized spacial score (nSPS) is 17.6. The first-order valence-electron chi connectivity index (χ1n) is 16.4. The van der Waals surface area contributed by atoms with E-state index in [1.54, 1.807) is 11.8 Å². The molecular formula is C39H44N2O5S. The lowest BCUT2D eigenvalue weighted by Crippen LogP contribution is -2.31. The van der Waals surface area contributed by atoms with E-state index in [0.717, 1.165) is 64.8 Å². The number of ether oxygens (including phenoxy) is 2. The van der Waals surface area contributed by atoms with E-state index in [1.165, 1.54) is 11.8 Å². The molecule has 1 fully saturated rings. The average molecular weight is 653 g/mol. The van der Waals surface area contributed by atoms with Crippen LogP contribution in [0.2, 0.25) is 0 Å². The number of hydrogen-bond acceptors (Lipinski definition) is 6. The number of benzene rings is 4. The Hall–Kier alpha value is -3.95. The molecule has 246 valence electrons. The van der Waals surface area contributed by atoms with Gasteiger partial charge in [0, 0.05) is 49.1 Å². The Morgan fingerprint density at radius 1 is 0.787 bits per heavy atom. The van der Waals surface area contributed by atoms with Gasteiger partial charge in [-0.3, -0.25) is 9.59 Å². The largest absolute Gasteiger partial charge is 0.392 e. The second-order valence-corrected chi connectivity index (χ2v) is 13.0. The van der Waals surface area contributed by atoms with Crippen LogP contribution in [0.3, 0.4) is 0 Å². The summed E-state index contributed by atoms with van der Waals surface area (Å²) < 4.78 is 13.1. The molecule has 2 amide bonds. The number of hydrogen-bond donors (Lipinski definition) is 3. The van der Waals surface area contributed by atoms with Crippen LogP contribution in [0.25, 0.3) is 11.1 Å². The molecule has 1 aliphatic rings. The molecule has 1 aliphatic heterocycles. The Labute approximate surface area is 282 Å². The van der Waals surface area contributed by atoms with Gasteiger partial charge in [0.25, 0.3) is 0 Å². The van der Waals surface area contributed by atoms with Gasteiger partial charge >= 0.3 is 0 Å². The van der Waals surface area contributed by atoms with Crippen molar-refractivity contribution in [3.63, 3.8) is 0 Å². The van der Waals surface area contributed by atoms with Gasteiger partial charge in [-0.15, -0.1) is 11.8 Å². The summed E-state index contributed by atoms with van der Waals surface area (Å²) in [6, 6.07) is 34.9. The molecule has 0 saturated carbocycles. The highest BCUT2D eigenvalue weighted by molar-refractivity contribution is 7.99. The number of nitrogens with one attached hydrogen (secondary N) is 2. The van der Waals surface area contributed by atoms with Gasteiger partial charge in [-0.1, -0.05) is 91.3 Å². The highest BCUT2D eigenvalue weighted by Crippen LogP contribution is 2.40. The second-order valence-electron chi connectivity index (χ2n) is 11.9. The summed E-state index contributed by atoms with van der Waals surface area (Å²) in [6.07, 6.45) is 3.17. The number of aliphatic hydroxyl groups excluding tert-OH is 1. The SMILES string of the molecule is CC(=O)NCCCCCC(=O)NCc1cccc(-c2ccc([C@@H]3O[C@H](CSc4ccccc4)C[C@H](c4ccc(CO)cc4)O3)cc2)c1. The summed E-state index contributed by atoms with van der Waals surface area (Å²) in [4.78, 5) is 24.5. The lowest BCUT2D eigenvalue weighted by atomic mass is 9.99. The van der Waals surface area contributed by atoms with E-state index in [0.29, 0.717) is 19.5 Å². The third kappa shape index (κ3) is 10.8. The first-order valence-corrected chi connectivity index (χ1v) is 17.3. The molecule has 0 aromatic heterocycles. The third-order valence-corrected chi connectivity index (χ3v) is 9.33. The Bertz CT molecular complexity index is 1560. The van der Waals surface area contributed by atoms with Gasteiger partial charge in [-0.05, 0) is 58.9 Å². The molecule has 0 unspecified atom stereocenters. The van der Waals surface area contributed by atoms with Gasteiger partial charge in [0.05, 0.1) is 18.8 Å². The number of carbonyl (C=O) groups excluding carboxylic acids is 2. The minimum Gasteiger partial charge on any atom is -0.392 e. The van der Waals surface area contributed by atoms with Crippen LogP contribution < -0.4 is 10.6 Å². The smallest absolute Gasteiger partial charge is 0.220 e. The molecule has 0 spiro atoms. The Kier molecular flexibility index (Phi) is 13.0. The fraction of sp³-hybridized carbons (Fsp3) is 0.333. The second kappa shape index (κ2) is 17.8. The molecule has 5 rings (SSSR count). The predicted molar refractivity (Wildman–Crippen MR) is 186 cm³/mol. The maximum atomic E-state index is 12.4. The topological polar surface area (TPSA) is 96.9 Å². The summed E-state index contributed by atoms with van der Waals surface area (Å²) in [5, 5.41) is 15.3. The molecule has 3 atom stereocenters. The zero-order valence-corrected chi connectivity index (χ0v) is 27.7. The molecule has 7 nitrogen and oxygen atoms in total. The maximum Gasteiger partial charge on any atom is 0.220 e. The van der Waals surface area contributed by atoms with E-state index in [-0.39, 0.29) is 30.6 Å². The Balaban J connectivity index is 1.19. The number of aliphatic hydroxyl groups is 1. The number of unbranched alkanes of at least 4 members (excludes halogenated alkanes) is 2. The number of amides is 2. The lowest BCUT2D eigenvalue weighted by molar-refractivity contribution is -0.245. The van der Waals surface area contributed by atoms with Crippen LogP contribution in [0.15, 0.2) is 108 Å². The first-order chi connectivity index (χ1) is 23.0. The van der Waals surface area contributed by atoms with Crippen LogP contribution in [0.4, 0.5) is 0 Å². The molecule has 0 radical (unpaired) electrons. The van der Waals surface area contributed by atoms with Gasteiger partial charge < -0.3 is 25.2 Å². The highest BCUT2D eigenvalue weighted by Gasteiger charge is 2.32. The quantitative estimate of drug-likeness (QED) is 0.0910. The van der Waals surface area contributed by atoms with E-state index in [2.05, 4.69) is 71.3 Å². The number of thioether (sulfide) groups is 1. The third-order valence-electron chi connectivity index (χ3n) is 8.18. The molecule has 1 saturated heterocycles. The summed E-state index contributed by atoms with van der Waals surface area (Å²) >= 11 is 1.79.